The van der Waals surface area contributed by atoms with Crippen molar-refractivity contribution in [2.75, 3.05) is 25.1 Å². The predicted molar refractivity (Wildman–Crippen MR) is 69.2 cm³/mol. The first-order valence-electron chi connectivity index (χ1n) is 6.24. The zero-order valence-electron chi connectivity index (χ0n) is 10.6. The van der Waals surface area contributed by atoms with E-state index in [4.69, 9.17) is 5.11 Å². The Balaban J connectivity index is 2.18. The zero-order chi connectivity index (χ0) is 12.3. The monoisotopic (exact) mass is 235 g/mol. The smallest absolute Gasteiger partial charge is 0.131 e. The summed E-state index contributed by atoms with van der Waals surface area (Å²) in [6.07, 6.45) is 4.37. The Hall–Kier alpha value is -1.13. The van der Waals surface area contributed by atoms with Crippen LogP contribution in [0.1, 0.15) is 24.0 Å². The second kappa shape index (κ2) is 5.47. The fourth-order valence-electron chi connectivity index (χ4n) is 2.18. The summed E-state index contributed by atoms with van der Waals surface area (Å²) in [5, 5.41) is 12.3. The lowest BCUT2D eigenvalue weighted by molar-refractivity contribution is 0.301. The van der Waals surface area contributed by atoms with Gasteiger partial charge in [-0.3, -0.25) is 0 Å². The highest BCUT2D eigenvalue weighted by Gasteiger charge is 2.30. The molecule has 0 saturated heterocycles. The Bertz CT molecular complexity index is 377. The van der Waals surface area contributed by atoms with E-state index in [9.17, 15) is 0 Å². The molecule has 17 heavy (non-hydrogen) atoms. The SMILES string of the molecule is CNCc1cnc(N(CCO)C2CC2)c(C)c1. The Kier molecular flexibility index (Phi) is 3.97. The second-order valence-corrected chi connectivity index (χ2v) is 4.66. The molecule has 4 heteroatoms. The number of hydrogen-bond donors (Lipinski definition) is 2. The molecule has 0 atom stereocenters. The van der Waals surface area contributed by atoms with Crippen LogP contribution in [0, 0.1) is 6.92 Å². The van der Waals surface area contributed by atoms with Gasteiger partial charge >= 0.3 is 0 Å². The maximum Gasteiger partial charge on any atom is 0.131 e. The van der Waals surface area contributed by atoms with Crippen LogP contribution in [0.3, 0.4) is 0 Å². The lowest BCUT2D eigenvalue weighted by atomic mass is 10.2. The number of nitrogens with zero attached hydrogens (tertiary/aromatic N) is 2. The first kappa shape index (κ1) is 12.3. The van der Waals surface area contributed by atoms with Crippen LogP contribution in [0.15, 0.2) is 12.3 Å². The van der Waals surface area contributed by atoms with E-state index in [0.29, 0.717) is 12.6 Å². The third-order valence-corrected chi connectivity index (χ3v) is 3.09. The van der Waals surface area contributed by atoms with E-state index in [1.54, 1.807) is 0 Å². The fraction of sp³-hybridized carbons (Fsp3) is 0.615. The molecule has 0 radical (unpaired) electrons. The van der Waals surface area contributed by atoms with Gasteiger partial charge in [0.05, 0.1) is 6.61 Å². The summed E-state index contributed by atoms with van der Waals surface area (Å²) in [6.45, 7) is 3.81. The van der Waals surface area contributed by atoms with Gasteiger partial charge in [0.1, 0.15) is 5.82 Å². The van der Waals surface area contributed by atoms with Crippen molar-refractivity contribution in [3.8, 4) is 0 Å². The molecule has 1 aliphatic rings. The van der Waals surface area contributed by atoms with Crippen LogP contribution in [0.25, 0.3) is 0 Å². The lowest BCUT2D eigenvalue weighted by Crippen LogP contribution is -2.30. The first-order chi connectivity index (χ1) is 8.26. The minimum absolute atomic E-state index is 0.190. The molecule has 0 aromatic carbocycles. The summed E-state index contributed by atoms with van der Waals surface area (Å²) in [4.78, 5) is 6.79. The molecule has 0 aliphatic heterocycles. The van der Waals surface area contributed by atoms with Gasteiger partial charge in [0.15, 0.2) is 0 Å². The molecular weight excluding hydrogens is 214 g/mol. The van der Waals surface area contributed by atoms with Gasteiger partial charge in [-0.15, -0.1) is 0 Å². The number of hydrogen-bond acceptors (Lipinski definition) is 4. The Morgan fingerprint density at radius 2 is 2.29 bits per heavy atom. The summed E-state index contributed by atoms with van der Waals surface area (Å²) in [5.74, 6) is 1.03. The summed E-state index contributed by atoms with van der Waals surface area (Å²) in [7, 11) is 1.94. The Labute approximate surface area is 103 Å². The first-order valence-corrected chi connectivity index (χ1v) is 6.24. The standard InChI is InChI=1S/C13H21N3O/c1-10-7-11(8-14-2)9-15-13(10)16(5-6-17)12-3-4-12/h7,9,12,14,17H,3-6,8H2,1-2H3. The molecule has 1 saturated carbocycles. The number of nitrogens with one attached hydrogen (secondary N) is 1. The number of anilines is 1. The van der Waals surface area contributed by atoms with E-state index in [1.165, 1.54) is 24.0 Å². The molecule has 0 spiro atoms. The normalized spacial score (nSPS) is 15.0. The maximum atomic E-state index is 9.12. The minimum atomic E-state index is 0.190. The number of aryl methyl sites for hydroxylation is 1. The Morgan fingerprint density at radius 3 is 2.82 bits per heavy atom. The van der Waals surface area contributed by atoms with E-state index >= 15 is 0 Å². The van der Waals surface area contributed by atoms with E-state index in [-0.39, 0.29) is 6.61 Å². The topological polar surface area (TPSA) is 48.4 Å². The molecule has 1 aromatic rings. The van der Waals surface area contributed by atoms with Gasteiger partial charge < -0.3 is 15.3 Å². The van der Waals surface area contributed by atoms with Gasteiger partial charge in [-0.1, -0.05) is 0 Å². The molecule has 0 amide bonds. The van der Waals surface area contributed by atoms with Crippen LogP contribution in [-0.4, -0.2) is 36.3 Å². The maximum absolute atomic E-state index is 9.12. The van der Waals surface area contributed by atoms with Crippen molar-refractivity contribution in [2.24, 2.45) is 0 Å². The number of aliphatic hydroxyl groups excluding tert-OH is 1. The highest BCUT2D eigenvalue weighted by atomic mass is 16.3. The summed E-state index contributed by atoms with van der Waals surface area (Å²) in [6, 6.07) is 2.76. The lowest BCUT2D eigenvalue weighted by Gasteiger charge is -2.24. The van der Waals surface area contributed by atoms with Gasteiger partial charge in [-0.25, -0.2) is 4.98 Å². The van der Waals surface area contributed by atoms with Gasteiger partial charge in [0.2, 0.25) is 0 Å². The van der Waals surface area contributed by atoms with Gasteiger partial charge in [-0.05, 0) is 44.0 Å². The van der Waals surface area contributed by atoms with E-state index < -0.39 is 0 Å². The number of aromatic nitrogens is 1. The van der Waals surface area contributed by atoms with Crippen molar-refractivity contribution in [3.63, 3.8) is 0 Å². The largest absolute Gasteiger partial charge is 0.395 e. The van der Waals surface area contributed by atoms with Crippen LogP contribution >= 0.6 is 0 Å². The number of rotatable bonds is 6. The van der Waals surface area contributed by atoms with Crippen molar-refractivity contribution < 1.29 is 5.11 Å². The number of pyridine rings is 1. The minimum Gasteiger partial charge on any atom is -0.395 e. The van der Waals surface area contributed by atoms with Gasteiger partial charge in [-0.2, -0.15) is 0 Å². The molecule has 1 aromatic heterocycles. The Morgan fingerprint density at radius 1 is 1.53 bits per heavy atom. The third-order valence-electron chi connectivity index (χ3n) is 3.09. The van der Waals surface area contributed by atoms with Crippen LogP contribution in [-0.2, 0) is 6.54 Å². The fourth-order valence-corrected chi connectivity index (χ4v) is 2.18. The van der Waals surface area contributed by atoms with Crippen molar-refractivity contribution in [1.29, 1.82) is 0 Å². The average molecular weight is 235 g/mol. The summed E-state index contributed by atoms with van der Waals surface area (Å²) in [5.41, 5.74) is 2.39. The molecular formula is C13H21N3O. The van der Waals surface area contributed by atoms with Crippen LogP contribution in [0.5, 0.6) is 0 Å². The van der Waals surface area contributed by atoms with E-state index in [2.05, 4.69) is 28.2 Å². The predicted octanol–water partition coefficient (Wildman–Crippen LogP) is 1.07. The van der Waals surface area contributed by atoms with Crippen molar-refractivity contribution >= 4 is 5.82 Å². The average Bonchev–Trinajstić information content (AvgIpc) is 3.11. The molecule has 2 N–H and O–H groups in total. The van der Waals surface area contributed by atoms with Crippen molar-refractivity contribution in [1.82, 2.24) is 10.3 Å². The molecule has 1 aliphatic carbocycles. The van der Waals surface area contributed by atoms with Crippen LogP contribution < -0.4 is 10.2 Å². The van der Waals surface area contributed by atoms with Gasteiger partial charge in [0.25, 0.3) is 0 Å². The van der Waals surface area contributed by atoms with Crippen molar-refractivity contribution in [2.45, 2.75) is 32.4 Å². The summed E-state index contributed by atoms with van der Waals surface area (Å²) >= 11 is 0. The quantitative estimate of drug-likeness (QED) is 0.774. The highest BCUT2D eigenvalue weighted by Crippen LogP contribution is 2.31. The molecule has 1 heterocycles. The molecule has 2 rings (SSSR count). The third kappa shape index (κ3) is 2.96. The highest BCUT2D eigenvalue weighted by molar-refractivity contribution is 5.49. The summed E-state index contributed by atoms with van der Waals surface area (Å²) < 4.78 is 0. The molecule has 94 valence electrons. The molecule has 4 nitrogen and oxygen atoms in total. The van der Waals surface area contributed by atoms with Crippen molar-refractivity contribution in [3.05, 3.63) is 23.4 Å². The molecule has 0 unspecified atom stereocenters. The van der Waals surface area contributed by atoms with E-state index in [1.807, 2.05) is 13.2 Å². The van der Waals surface area contributed by atoms with Crippen LogP contribution in [0.2, 0.25) is 0 Å². The second-order valence-electron chi connectivity index (χ2n) is 4.66. The number of aliphatic hydroxyl groups is 1. The molecule has 1 fully saturated rings. The van der Waals surface area contributed by atoms with Crippen LogP contribution in [0.4, 0.5) is 5.82 Å². The zero-order valence-corrected chi connectivity index (χ0v) is 10.6. The van der Waals surface area contributed by atoms with Gasteiger partial charge in [0, 0.05) is 25.3 Å². The van der Waals surface area contributed by atoms with E-state index in [0.717, 1.165) is 12.4 Å². The molecule has 0 bridgehead atoms.